The molecule has 1 N–H and O–H groups in total. The average molecular weight is 267 g/mol. The van der Waals surface area contributed by atoms with Crippen molar-refractivity contribution in [2.24, 2.45) is 0 Å². The quantitative estimate of drug-likeness (QED) is 0.821. The Hall–Kier alpha value is -1.17. The molecule has 18 heavy (non-hydrogen) atoms. The predicted molar refractivity (Wildman–Crippen MR) is 58.5 cm³/mol. The monoisotopic (exact) mass is 267 g/mol. The summed E-state index contributed by atoms with van der Waals surface area (Å²) in [5.41, 5.74) is -0.913. The van der Waals surface area contributed by atoms with Gasteiger partial charge >= 0.3 is 12.1 Å². The highest BCUT2D eigenvalue weighted by atomic mass is 19.4. The third-order valence-corrected chi connectivity index (χ3v) is 2.95. The molecule has 6 heteroatoms. The lowest BCUT2D eigenvalue weighted by molar-refractivity contribution is -0.289. The fourth-order valence-corrected chi connectivity index (χ4v) is 1.40. The van der Waals surface area contributed by atoms with Crippen LogP contribution in [-0.2, 0) is 11.5 Å². The lowest BCUT2D eigenvalue weighted by Crippen LogP contribution is -2.35. The Morgan fingerprint density at radius 1 is 0.833 bits per heavy atom. The first-order valence-electron chi connectivity index (χ1n) is 5.27. The van der Waals surface area contributed by atoms with Crippen LogP contribution in [0.4, 0.5) is 22.0 Å². The van der Waals surface area contributed by atoms with Gasteiger partial charge in [-0.25, -0.2) is 0 Å². The molecule has 1 rings (SSSR count). The average Bonchev–Trinajstić information content (AvgIpc) is 2.27. The summed E-state index contributed by atoms with van der Waals surface area (Å²) in [6.07, 6.45) is -5.58. The Morgan fingerprint density at radius 3 is 1.56 bits per heavy atom. The van der Waals surface area contributed by atoms with E-state index < -0.39 is 23.2 Å². The van der Waals surface area contributed by atoms with Crippen LogP contribution in [0.5, 0.6) is 0 Å². The number of hydrogen-bond acceptors (Lipinski definition) is 1. The van der Waals surface area contributed by atoms with E-state index in [1.165, 1.54) is 12.1 Å². The Morgan fingerprint density at radius 2 is 1.22 bits per heavy atom. The lowest BCUT2D eigenvalue weighted by atomic mass is 9.93. The van der Waals surface area contributed by atoms with E-state index in [0.29, 0.717) is 5.56 Å². The second-order valence-electron chi connectivity index (χ2n) is 4.52. The molecule has 0 saturated carbocycles. The predicted octanol–water partition coefficient (Wildman–Crippen LogP) is 3.80. The minimum atomic E-state index is -5.58. The SMILES string of the molecule is CNC(C)(C)c1ccc(C(F)(F)C(F)(F)F)cc1. The maximum absolute atomic E-state index is 13.0. The van der Waals surface area contributed by atoms with Crippen LogP contribution >= 0.6 is 0 Å². The zero-order chi connectivity index (χ0) is 14.2. The molecule has 0 unspecified atom stereocenters. The first-order chi connectivity index (χ1) is 8.02. The van der Waals surface area contributed by atoms with E-state index >= 15 is 0 Å². The second kappa shape index (κ2) is 4.50. The Labute approximate surface area is 102 Å². The molecular formula is C12H14F5N. The van der Waals surface area contributed by atoms with Crippen LogP contribution in [0.25, 0.3) is 0 Å². The largest absolute Gasteiger partial charge is 0.458 e. The molecule has 102 valence electrons. The number of alkyl halides is 5. The van der Waals surface area contributed by atoms with Gasteiger partial charge in [0.15, 0.2) is 0 Å². The van der Waals surface area contributed by atoms with Gasteiger partial charge in [0.05, 0.1) is 0 Å². The van der Waals surface area contributed by atoms with Crippen LogP contribution in [0.3, 0.4) is 0 Å². The highest BCUT2D eigenvalue weighted by Gasteiger charge is 2.58. The number of hydrogen-bond donors (Lipinski definition) is 1. The van der Waals surface area contributed by atoms with Gasteiger partial charge in [0, 0.05) is 11.1 Å². The summed E-state index contributed by atoms with van der Waals surface area (Å²) < 4.78 is 62.5. The van der Waals surface area contributed by atoms with Gasteiger partial charge in [0.2, 0.25) is 0 Å². The summed E-state index contributed by atoms with van der Waals surface area (Å²) in [7, 11) is 1.68. The van der Waals surface area contributed by atoms with E-state index in [4.69, 9.17) is 0 Å². The molecule has 1 nitrogen and oxygen atoms in total. The van der Waals surface area contributed by atoms with E-state index in [0.717, 1.165) is 12.1 Å². The first kappa shape index (κ1) is 14.9. The van der Waals surface area contributed by atoms with Crippen LogP contribution < -0.4 is 5.32 Å². The molecule has 0 bridgehead atoms. The van der Waals surface area contributed by atoms with Crippen molar-refractivity contribution in [2.45, 2.75) is 31.5 Å². The molecule has 1 aromatic rings. The molecule has 0 amide bonds. The number of nitrogens with one attached hydrogen (secondary N) is 1. The summed E-state index contributed by atoms with van der Waals surface area (Å²) >= 11 is 0. The van der Waals surface area contributed by atoms with Crippen molar-refractivity contribution in [3.8, 4) is 0 Å². The molecule has 0 spiro atoms. The zero-order valence-electron chi connectivity index (χ0n) is 10.2. The van der Waals surface area contributed by atoms with Crippen LogP contribution in [0, 0.1) is 0 Å². The molecule has 0 radical (unpaired) electrons. The van der Waals surface area contributed by atoms with Crippen LogP contribution in [-0.4, -0.2) is 13.2 Å². The molecule has 0 saturated heterocycles. The van der Waals surface area contributed by atoms with Crippen molar-refractivity contribution < 1.29 is 22.0 Å². The Balaban J connectivity index is 3.11. The molecule has 0 heterocycles. The molecule has 0 aromatic heterocycles. The van der Waals surface area contributed by atoms with Crippen LogP contribution in [0.1, 0.15) is 25.0 Å². The highest BCUT2D eigenvalue weighted by Crippen LogP contribution is 2.43. The summed E-state index contributed by atoms with van der Waals surface area (Å²) in [6, 6.07) is 4.15. The van der Waals surface area contributed by atoms with Gasteiger partial charge in [0.1, 0.15) is 0 Å². The summed E-state index contributed by atoms with van der Waals surface area (Å²) in [6.45, 7) is 3.59. The van der Waals surface area contributed by atoms with Crippen molar-refractivity contribution in [1.29, 1.82) is 0 Å². The fraction of sp³-hybridized carbons (Fsp3) is 0.500. The first-order valence-corrected chi connectivity index (χ1v) is 5.27. The second-order valence-corrected chi connectivity index (χ2v) is 4.52. The fourth-order valence-electron chi connectivity index (χ4n) is 1.40. The van der Waals surface area contributed by atoms with Gasteiger partial charge in [-0.3, -0.25) is 0 Å². The molecule has 0 atom stereocenters. The van der Waals surface area contributed by atoms with E-state index in [1.54, 1.807) is 20.9 Å². The lowest BCUT2D eigenvalue weighted by Gasteiger charge is -2.26. The number of benzene rings is 1. The van der Waals surface area contributed by atoms with Gasteiger partial charge in [-0.2, -0.15) is 22.0 Å². The standard InChI is InChI=1S/C12H14F5N/c1-10(2,18-3)8-4-6-9(7-5-8)11(13,14)12(15,16)17/h4-7,18H,1-3H3. The third-order valence-electron chi connectivity index (χ3n) is 2.95. The number of halogens is 5. The molecule has 0 aliphatic rings. The Kier molecular flexibility index (Phi) is 3.72. The van der Waals surface area contributed by atoms with Gasteiger partial charge in [-0.1, -0.05) is 24.3 Å². The normalized spacial score (nSPS) is 13.8. The topological polar surface area (TPSA) is 12.0 Å². The van der Waals surface area contributed by atoms with E-state index in [9.17, 15) is 22.0 Å². The molecule has 0 aliphatic carbocycles. The smallest absolute Gasteiger partial charge is 0.311 e. The maximum atomic E-state index is 13.0. The Bertz CT molecular complexity index is 405. The van der Waals surface area contributed by atoms with Gasteiger partial charge in [-0.15, -0.1) is 0 Å². The van der Waals surface area contributed by atoms with E-state index in [-0.39, 0.29) is 0 Å². The van der Waals surface area contributed by atoms with Crippen LogP contribution in [0.2, 0.25) is 0 Å². The van der Waals surface area contributed by atoms with Crippen molar-refractivity contribution in [1.82, 2.24) is 5.32 Å². The maximum Gasteiger partial charge on any atom is 0.458 e. The van der Waals surface area contributed by atoms with Crippen molar-refractivity contribution in [3.05, 3.63) is 35.4 Å². The van der Waals surface area contributed by atoms with Crippen molar-refractivity contribution >= 4 is 0 Å². The zero-order valence-corrected chi connectivity index (χ0v) is 10.2. The van der Waals surface area contributed by atoms with Crippen molar-refractivity contribution in [2.75, 3.05) is 7.05 Å². The molecule has 0 aliphatic heterocycles. The molecule has 0 fully saturated rings. The van der Waals surface area contributed by atoms with E-state index in [1.807, 2.05) is 0 Å². The summed E-state index contributed by atoms with van der Waals surface area (Å²) in [5, 5.41) is 2.94. The third kappa shape index (κ3) is 2.63. The minimum Gasteiger partial charge on any atom is -0.311 e. The van der Waals surface area contributed by atoms with Gasteiger partial charge in [-0.05, 0) is 26.5 Å². The summed E-state index contributed by atoms with van der Waals surface area (Å²) in [5.74, 6) is -4.82. The van der Waals surface area contributed by atoms with Crippen molar-refractivity contribution in [3.63, 3.8) is 0 Å². The summed E-state index contributed by atoms with van der Waals surface area (Å²) in [4.78, 5) is 0. The number of rotatable bonds is 3. The van der Waals surface area contributed by atoms with Crippen LogP contribution in [0.15, 0.2) is 24.3 Å². The van der Waals surface area contributed by atoms with E-state index in [2.05, 4.69) is 5.32 Å². The molecular weight excluding hydrogens is 253 g/mol. The highest BCUT2D eigenvalue weighted by molar-refractivity contribution is 5.30. The van der Waals surface area contributed by atoms with Gasteiger partial charge < -0.3 is 5.32 Å². The van der Waals surface area contributed by atoms with Gasteiger partial charge in [0.25, 0.3) is 0 Å². The molecule has 1 aromatic carbocycles. The minimum absolute atomic E-state index is 0.494.